The van der Waals surface area contributed by atoms with E-state index in [1.807, 2.05) is 0 Å². The van der Waals surface area contributed by atoms with Crippen LogP contribution in [0, 0.1) is 0 Å². The van der Waals surface area contributed by atoms with Crippen molar-refractivity contribution in [1.29, 1.82) is 0 Å². The van der Waals surface area contributed by atoms with Crippen LogP contribution in [0.25, 0.3) is 0 Å². The molecule has 76 valence electrons. The maximum Gasteiger partial charge on any atom is 0.235 e. The minimum Gasteiger partial charge on any atom is -0.497 e. The zero-order valence-corrected chi connectivity index (χ0v) is 8.78. The number of ether oxygens (including phenoxy) is 1. The number of sulfonamides is 1. The molecule has 0 radical (unpaired) electrons. The SMILES string of the molecule is C=C(C)OCCNS(=O)(=O)C(=C)C. The van der Waals surface area contributed by atoms with Gasteiger partial charge < -0.3 is 4.74 Å². The lowest BCUT2D eigenvalue weighted by molar-refractivity contribution is 0.221. The van der Waals surface area contributed by atoms with Crippen molar-refractivity contribution in [2.24, 2.45) is 0 Å². The molecule has 0 bridgehead atoms. The number of allylic oxidation sites excluding steroid dienone is 2. The minimum absolute atomic E-state index is 0.0998. The van der Waals surface area contributed by atoms with Crippen molar-refractivity contribution in [3.63, 3.8) is 0 Å². The molecule has 5 heteroatoms. The Morgan fingerprint density at radius 1 is 1.38 bits per heavy atom. The summed E-state index contributed by atoms with van der Waals surface area (Å²) in [4.78, 5) is 0.0998. The molecule has 0 aliphatic carbocycles. The normalized spacial score (nSPS) is 10.9. The lowest BCUT2D eigenvalue weighted by atomic mass is 10.6. The van der Waals surface area contributed by atoms with Gasteiger partial charge in [-0.05, 0) is 13.8 Å². The molecule has 0 aromatic carbocycles. The van der Waals surface area contributed by atoms with E-state index in [-0.39, 0.29) is 18.1 Å². The first-order chi connectivity index (χ1) is 5.86. The molecule has 0 aromatic rings. The second-order valence-electron chi connectivity index (χ2n) is 2.65. The van der Waals surface area contributed by atoms with Crippen LogP contribution in [0.4, 0.5) is 0 Å². The molecule has 4 nitrogen and oxygen atoms in total. The van der Waals surface area contributed by atoms with Crippen molar-refractivity contribution in [3.8, 4) is 0 Å². The van der Waals surface area contributed by atoms with Crippen LogP contribution in [-0.4, -0.2) is 21.6 Å². The summed E-state index contributed by atoms with van der Waals surface area (Å²) < 4.78 is 29.5. The summed E-state index contributed by atoms with van der Waals surface area (Å²) in [6.45, 7) is 10.5. The van der Waals surface area contributed by atoms with E-state index in [0.29, 0.717) is 5.76 Å². The first-order valence-corrected chi connectivity index (χ1v) is 5.28. The van der Waals surface area contributed by atoms with Gasteiger partial charge >= 0.3 is 0 Å². The van der Waals surface area contributed by atoms with Gasteiger partial charge in [0.15, 0.2) is 0 Å². The van der Waals surface area contributed by atoms with Crippen LogP contribution in [0.1, 0.15) is 13.8 Å². The summed E-state index contributed by atoms with van der Waals surface area (Å²) in [7, 11) is -3.35. The lowest BCUT2D eigenvalue weighted by Gasteiger charge is -2.07. The van der Waals surface area contributed by atoms with Crippen LogP contribution in [0.3, 0.4) is 0 Å². The average Bonchev–Trinajstić information content (AvgIpc) is 1.97. The van der Waals surface area contributed by atoms with Gasteiger partial charge in [0, 0.05) is 11.4 Å². The zero-order valence-electron chi connectivity index (χ0n) is 7.96. The standard InChI is InChI=1S/C8H15NO3S/c1-7(2)12-6-5-9-13(10,11)8(3)4/h9H,1,3,5-6H2,2,4H3. The van der Waals surface area contributed by atoms with E-state index in [4.69, 9.17) is 4.74 Å². The Morgan fingerprint density at radius 2 is 1.92 bits per heavy atom. The average molecular weight is 205 g/mol. The van der Waals surface area contributed by atoms with Gasteiger partial charge in [0.1, 0.15) is 6.61 Å². The van der Waals surface area contributed by atoms with E-state index in [2.05, 4.69) is 17.9 Å². The second-order valence-corrected chi connectivity index (χ2v) is 4.64. The molecule has 0 heterocycles. The molecule has 0 fully saturated rings. The largest absolute Gasteiger partial charge is 0.497 e. The maximum atomic E-state index is 11.1. The summed E-state index contributed by atoms with van der Waals surface area (Å²) in [5, 5.41) is 0. The van der Waals surface area contributed by atoms with E-state index >= 15 is 0 Å². The molecule has 0 aliphatic heterocycles. The van der Waals surface area contributed by atoms with E-state index in [1.165, 1.54) is 6.92 Å². The summed E-state index contributed by atoms with van der Waals surface area (Å²) in [5.41, 5.74) is 0. The van der Waals surface area contributed by atoms with Crippen molar-refractivity contribution in [2.75, 3.05) is 13.2 Å². The van der Waals surface area contributed by atoms with E-state index < -0.39 is 10.0 Å². The van der Waals surface area contributed by atoms with Crippen LogP contribution in [0.15, 0.2) is 23.8 Å². The van der Waals surface area contributed by atoms with Gasteiger partial charge in [0.05, 0.1) is 5.76 Å². The highest BCUT2D eigenvalue weighted by Gasteiger charge is 2.08. The fourth-order valence-electron chi connectivity index (χ4n) is 0.524. The Kier molecular flexibility index (Phi) is 4.72. The Bertz CT molecular complexity index is 293. The number of hydrogen-bond acceptors (Lipinski definition) is 3. The van der Waals surface area contributed by atoms with E-state index in [0.717, 1.165) is 0 Å². The molecule has 1 N–H and O–H groups in total. The molecule has 0 rings (SSSR count). The van der Waals surface area contributed by atoms with Crippen LogP contribution < -0.4 is 4.72 Å². The van der Waals surface area contributed by atoms with Crippen molar-refractivity contribution in [3.05, 3.63) is 23.8 Å². The van der Waals surface area contributed by atoms with Gasteiger partial charge in [-0.1, -0.05) is 13.2 Å². The summed E-state index contributed by atoms with van der Waals surface area (Å²) in [5.74, 6) is 0.564. The predicted molar refractivity (Wildman–Crippen MR) is 52.5 cm³/mol. The fourth-order valence-corrected chi connectivity index (χ4v) is 1.12. The zero-order chi connectivity index (χ0) is 10.5. The number of nitrogens with one attached hydrogen (secondary N) is 1. The molecule has 0 aromatic heterocycles. The minimum atomic E-state index is -3.35. The Balaban J connectivity index is 3.78. The van der Waals surface area contributed by atoms with Crippen molar-refractivity contribution >= 4 is 10.0 Å². The Morgan fingerprint density at radius 3 is 2.31 bits per heavy atom. The predicted octanol–water partition coefficient (Wildman–Crippen LogP) is 0.990. The molecule has 0 spiro atoms. The molecular formula is C8H15NO3S. The highest BCUT2D eigenvalue weighted by Crippen LogP contribution is 1.97. The Labute approximate surface area is 79.3 Å². The molecule has 0 atom stereocenters. The topological polar surface area (TPSA) is 55.4 Å². The quantitative estimate of drug-likeness (QED) is 0.519. The third-order valence-corrected chi connectivity index (χ3v) is 2.70. The number of hydrogen-bond donors (Lipinski definition) is 1. The molecular weight excluding hydrogens is 190 g/mol. The van der Waals surface area contributed by atoms with Crippen LogP contribution >= 0.6 is 0 Å². The van der Waals surface area contributed by atoms with Crippen LogP contribution in [0.5, 0.6) is 0 Å². The summed E-state index contributed by atoms with van der Waals surface area (Å²) in [6.07, 6.45) is 0. The van der Waals surface area contributed by atoms with Gasteiger partial charge in [0.25, 0.3) is 0 Å². The Hall–Kier alpha value is -0.810. The van der Waals surface area contributed by atoms with E-state index in [9.17, 15) is 8.42 Å². The van der Waals surface area contributed by atoms with Gasteiger partial charge in [-0.15, -0.1) is 0 Å². The van der Waals surface area contributed by atoms with Gasteiger partial charge in [-0.2, -0.15) is 0 Å². The molecule has 0 unspecified atom stereocenters. The highest BCUT2D eigenvalue weighted by molar-refractivity contribution is 7.93. The third-order valence-electron chi connectivity index (χ3n) is 1.20. The lowest BCUT2D eigenvalue weighted by Crippen LogP contribution is -2.27. The molecule has 0 aliphatic rings. The number of rotatable bonds is 6. The van der Waals surface area contributed by atoms with Crippen LogP contribution in [0.2, 0.25) is 0 Å². The molecule has 0 saturated heterocycles. The van der Waals surface area contributed by atoms with Crippen molar-refractivity contribution in [1.82, 2.24) is 4.72 Å². The van der Waals surface area contributed by atoms with Crippen LogP contribution in [-0.2, 0) is 14.8 Å². The molecule has 13 heavy (non-hydrogen) atoms. The monoisotopic (exact) mass is 205 g/mol. The van der Waals surface area contributed by atoms with E-state index in [1.54, 1.807) is 6.92 Å². The summed E-state index contributed by atoms with van der Waals surface area (Å²) in [6, 6.07) is 0. The summed E-state index contributed by atoms with van der Waals surface area (Å²) >= 11 is 0. The first kappa shape index (κ1) is 12.2. The maximum absolute atomic E-state index is 11.1. The second kappa shape index (κ2) is 5.04. The van der Waals surface area contributed by atoms with Crippen molar-refractivity contribution in [2.45, 2.75) is 13.8 Å². The van der Waals surface area contributed by atoms with Crippen molar-refractivity contribution < 1.29 is 13.2 Å². The highest BCUT2D eigenvalue weighted by atomic mass is 32.2. The van der Waals surface area contributed by atoms with Gasteiger partial charge in [-0.3, -0.25) is 0 Å². The first-order valence-electron chi connectivity index (χ1n) is 3.80. The smallest absolute Gasteiger partial charge is 0.235 e. The molecule has 0 amide bonds. The third kappa shape index (κ3) is 5.43. The van der Waals surface area contributed by atoms with Gasteiger partial charge in [0.2, 0.25) is 10.0 Å². The van der Waals surface area contributed by atoms with Gasteiger partial charge in [-0.25, -0.2) is 13.1 Å². The fraction of sp³-hybridized carbons (Fsp3) is 0.500. The molecule has 0 saturated carbocycles.